The highest BCUT2D eigenvalue weighted by molar-refractivity contribution is 6.12. The maximum atomic E-state index is 13.4. The number of ketones is 1. The zero-order valence-corrected chi connectivity index (χ0v) is 17.1. The predicted octanol–water partition coefficient (Wildman–Crippen LogP) is 2.78. The molecule has 7 heteroatoms. The van der Waals surface area contributed by atoms with Crippen molar-refractivity contribution in [1.82, 2.24) is 10.2 Å². The first-order valence-corrected chi connectivity index (χ1v) is 10.7. The first kappa shape index (κ1) is 19.5. The van der Waals surface area contributed by atoms with Gasteiger partial charge in [-0.1, -0.05) is 36.4 Å². The van der Waals surface area contributed by atoms with Gasteiger partial charge in [0.15, 0.2) is 5.78 Å². The lowest BCUT2D eigenvalue weighted by Gasteiger charge is -2.33. The van der Waals surface area contributed by atoms with E-state index in [4.69, 9.17) is 0 Å². The first-order valence-electron chi connectivity index (χ1n) is 10.7. The van der Waals surface area contributed by atoms with Crippen molar-refractivity contribution in [2.75, 3.05) is 18.0 Å². The summed E-state index contributed by atoms with van der Waals surface area (Å²) < 4.78 is 0. The van der Waals surface area contributed by atoms with Crippen LogP contribution in [0.4, 0.5) is 10.5 Å². The Labute approximate surface area is 180 Å². The van der Waals surface area contributed by atoms with Gasteiger partial charge in [-0.05, 0) is 48.9 Å². The van der Waals surface area contributed by atoms with Crippen molar-refractivity contribution in [2.24, 2.45) is 0 Å². The molecule has 0 bridgehead atoms. The maximum Gasteiger partial charge on any atom is 0.325 e. The minimum Gasteiger partial charge on any atom is -0.319 e. The van der Waals surface area contributed by atoms with E-state index in [1.54, 1.807) is 29.2 Å². The van der Waals surface area contributed by atoms with E-state index < -0.39 is 11.6 Å². The number of imide groups is 1. The third-order valence-electron chi connectivity index (χ3n) is 6.51. The Bertz CT molecular complexity index is 1110. The van der Waals surface area contributed by atoms with Crippen molar-refractivity contribution in [3.8, 4) is 0 Å². The number of nitrogens with zero attached hydrogens (tertiary/aromatic N) is 2. The number of nitrogens with one attached hydrogen (secondary N) is 1. The molecule has 1 atom stereocenters. The van der Waals surface area contributed by atoms with Gasteiger partial charge in [0.05, 0.1) is 6.54 Å². The molecule has 1 N–H and O–H groups in total. The van der Waals surface area contributed by atoms with E-state index in [0.717, 1.165) is 35.3 Å². The molecule has 0 radical (unpaired) electrons. The predicted molar refractivity (Wildman–Crippen MR) is 114 cm³/mol. The Morgan fingerprint density at radius 1 is 1.00 bits per heavy atom. The minimum absolute atomic E-state index is 0.0385. The second kappa shape index (κ2) is 7.34. The van der Waals surface area contributed by atoms with Gasteiger partial charge in [-0.15, -0.1) is 0 Å². The lowest BCUT2D eigenvalue weighted by Crippen LogP contribution is -2.46. The number of benzene rings is 2. The van der Waals surface area contributed by atoms with Crippen molar-refractivity contribution in [1.29, 1.82) is 0 Å². The molecular weight excluding hydrogens is 394 g/mol. The average molecular weight is 417 g/mol. The summed E-state index contributed by atoms with van der Waals surface area (Å²) in [7, 11) is 0. The van der Waals surface area contributed by atoms with E-state index in [2.05, 4.69) is 5.32 Å². The molecule has 2 heterocycles. The van der Waals surface area contributed by atoms with Gasteiger partial charge in [0.2, 0.25) is 5.91 Å². The maximum absolute atomic E-state index is 13.4. The summed E-state index contributed by atoms with van der Waals surface area (Å²) in [6.07, 6.45) is 3.47. The van der Waals surface area contributed by atoms with E-state index in [1.165, 1.54) is 0 Å². The van der Waals surface area contributed by atoms with Crippen LogP contribution in [-0.4, -0.2) is 41.6 Å². The van der Waals surface area contributed by atoms with Crippen molar-refractivity contribution >= 4 is 29.3 Å². The number of fused-ring (bicyclic) bond motifs is 2. The molecule has 2 saturated heterocycles. The lowest BCUT2D eigenvalue weighted by atomic mass is 9.76. The van der Waals surface area contributed by atoms with E-state index in [0.29, 0.717) is 30.6 Å². The van der Waals surface area contributed by atoms with Crippen LogP contribution in [-0.2, 0) is 21.5 Å². The van der Waals surface area contributed by atoms with Gasteiger partial charge in [-0.2, -0.15) is 0 Å². The largest absolute Gasteiger partial charge is 0.325 e. The molecule has 2 aliphatic heterocycles. The quantitative estimate of drug-likeness (QED) is 0.612. The second-order valence-corrected chi connectivity index (χ2v) is 8.36. The molecule has 31 heavy (non-hydrogen) atoms. The van der Waals surface area contributed by atoms with Crippen molar-refractivity contribution in [3.63, 3.8) is 0 Å². The second-order valence-electron chi connectivity index (χ2n) is 8.36. The van der Waals surface area contributed by atoms with Crippen LogP contribution >= 0.6 is 0 Å². The number of amides is 4. The Morgan fingerprint density at radius 2 is 1.84 bits per heavy atom. The molecule has 1 aliphatic carbocycles. The van der Waals surface area contributed by atoms with Gasteiger partial charge in [0.25, 0.3) is 5.91 Å². The van der Waals surface area contributed by atoms with Crippen LogP contribution in [0.25, 0.3) is 0 Å². The SMILES string of the molecule is O=C(CN1C(=O)N[C@]2(CCCc3ccccc32)C1=O)c1cccc(N2CCCC2=O)c1. The minimum atomic E-state index is -1.09. The number of aryl methyl sites for hydroxylation is 1. The standard InChI is InChI=1S/C24H23N3O4/c28-20(17-7-3-9-18(14-17)26-13-5-11-21(26)29)15-27-22(30)24(25-23(27)31)12-4-8-16-6-1-2-10-19(16)24/h1-3,6-7,9-10,14H,4-5,8,11-13,15H2,(H,25,31)/t24-/m0/s1. The topological polar surface area (TPSA) is 86.8 Å². The number of urea groups is 1. The Kier molecular flexibility index (Phi) is 4.61. The molecule has 4 amide bonds. The summed E-state index contributed by atoms with van der Waals surface area (Å²) in [6, 6.07) is 13.9. The summed E-state index contributed by atoms with van der Waals surface area (Å²) in [5, 5.41) is 2.88. The fraction of sp³-hybridized carbons (Fsp3) is 0.333. The third-order valence-corrected chi connectivity index (χ3v) is 6.51. The number of anilines is 1. The van der Waals surface area contributed by atoms with Crippen LogP contribution in [0, 0.1) is 0 Å². The zero-order valence-electron chi connectivity index (χ0n) is 17.1. The van der Waals surface area contributed by atoms with Gasteiger partial charge in [-0.3, -0.25) is 19.3 Å². The molecular formula is C24H23N3O4. The number of carbonyl (C=O) groups is 4. The smallest absolute Gasteiger partial charge is 0.319 e. The Balaban J connectivity index is 1.39. The van der Waals surface area contributed by atoms with Crippen LogP contribution in [0.1, 0.15) is 47.2 Å². The average Bonchev–Trinajstić information content (AvgIpc) is 3.31. The number of hydrogen-bond donors (Lipinski definition) is 1. The molecule has 5 rings (SSSR count). The Hall–Kier alpha value is -3.48. The normalized spacial score (nSPS) is 22.8. The van der Waals surface area contributed by atoms with E-state index >= 15 is 0 Å². The van der Waals surface area contributed by atoms with E-state index in [9.17, 15) is 19.2 Å². The van der Waals surface area contributed by atoms with E-state index in [-0.39, 0.29) is 24.1 Å². The van der Waals surface area contributed by atoms with Crippen LogP contribution in [0.3, 0.4) is 0 Å². The van der Waals surface area contributed by atoms with E-state index in [1.807, 2.05) is 24.3 Å². The molecule has 2 fully saturated rings. The number of hydrogen-bond acceptors (Lipinski definition) is 4. The van der Waals surface area contributed by atoms with Gasteiger partial charge in [0, 0.05) is 24.2 Å². The van der Waals surface area contributed by atoms with Crippen molar-refractivity contribution in [3.05, 3.63) is 65.2 Å². The molecule has 158 valence electrons. The van der Waals surface area contributed by atoms with Gasteiger partial charge in [-0.25, -0.2) is 4.79 Å². The highest BCUT2D eigenvalue weighted by Gasteiger charge is 2.54. The summed E-state index contributed by atoms with van der Waals surface area (Å²) in [5.74, 6) is -0.668. The van der Waals surface area contributed by atoms with Crippen molar-refractivity contribution < 1.29 is 19.2 Å². The Morgan fingerprint density at radius 3 is 2.65 bits per heavy atom. The fourth-order valence-corrected chi connectivity index (χ4v) is 4.96. The summed E-state index contributed by atoms with van der Waals surface area (Å²) in [4.78, 5) is 53.8. The summed E-state index contributed by atoms with van der Waals surface area (Å²) in [5.41, 5.74) is 1.84. The monoisotopic (exact) mass is 417 g/mol. The molecule has 2 aromatic rings. The molecule has 1 spiro atoms. The molecule has 2 aromatic carbocycles. The van der Waals surface area contributed by atoms with Crippen LogP contribution in [0.2, 0.25) is 0 Å². The molecule has 7 nitrogen and oxygen atoms in total. The van der Waals surface area contributed by atoms with Gasteiger partial charge in [0.1, 0.15) is 5.54 Å². The molecule has 0 aromatic heterocycles. The van der Waals surface area contributed by atoms with Crippen LogP contribution in [0.5, 0.6) is 0 Å². The lowest BCUT2D eigenvalue weighted by molar-refractivity contribution is -0.131. The summed E-state index contributed by atoms with van der Waals surface area (Å²) >= 11 is 0. The first-order chi connectivity index (χ1) is 15.0. The van der Waals surface area contributed by atoms with Gasteiger partial charge >= 0.3 is 6.03 Å². The van der Waals surface area contributed by atoms with Crippen molar-refractivity contribution in [2.45, 2.75) is 37.6 Å². The zero-order chi connectivity index (χ0) is 21.6. The highest BCUT2D eigenvalue weighted by atomic mass is 16.2. The number of Topliss-reactive ketones (excluding diaryl/α,β-unsaturated/α-hetero) is 1. The third kappa shape index (κ3) is 3.12. The van der Waals surface area contributed by atoms with Gasteiger partial charge < -0.3 is 10.2 Å². The fourth-order valence-electron chi connectivity index (χ4n) is 4.96. The van der Waals surface area contributed by atoms with Crippen LogP contribution in [0.15, 0.2) is 48.5 Å². The molecule has 3 aliphatic rings. The number of carbonyl (C=O) groups excluding carboxylic acids is 4. The molecule has 0 saturated carbocycles. The highest BCUT2D eigenvalue weighted by Crippen LogP contribution is 2.40. The van der Waals surface area contributed by atoms with Crippen LogP contribution < -0.4 is 10.2 Å². The summed E-state index contributed by atoms with van der Waals surface area (Å²) in [6.45, 7) is 0.303. The number of rotatable bonds is 4. The molecule has 0 unspecified atom stereocenters.